The Balaban J connectivity index is 2.67. The molecule has 5 heteroatoms. The lowest BCUT2D eigenvalue weighted by Crippen LogP contribution is -3.06. The number of hydrogen-bond acceptors (Lipinski definition) is 4. The molecule has 0 aliphatic heterocycles. The molecule has 1 aromatic rings. The minimum Gasteiger partial charge on any atom is -0.544 e. The van der Waals surface area contributed by atoms with Gasteiger partial charge < -0.3 is 19.5 Å². The lowest BCUT2D eigenvalue weighted by Gasteiger charge is -2.09. The Morgan fingerprint density at radius 2 is 2.05 bits per heavy atom. The minimum absolute atomic E-state index is 0.398. The molecule has 1 aromatic carbocycles. The zero-order valence-corrected chi connectivity index (χ0v) is 11.0. The van der Waals surface area contributed by atoms with Crippen molar-refractivity contribution < 1.29 is 19.5 Å². The number of carbonyl (C=O) groups excluding carboxylic acids is 1. The number of nitrogens with one attached hydrogen (secondary N) is 1. The van der Waals surface area contributed by atoms with Crippen LogP contribution in [0.25, 0.3) is 6.08 Å². The van der Waals surface area contributed by atoms with Crippen LogP contribution in [-0.4, -0.2) is 33.2 Å². The van der Waals surface area contributed by atoms with Gasteiger partial charge in [-0.05, 0) is 23.8 Å². The molecule has 0 bridgehead atoms. The molecular weight excluding hydrogens is 244 g/mol. The first kappa shape index (κ1) is 14.7. The minimum atomic E-state index is -1.48. The predicted molar refractivity (Wildman–Crippen MR) is 68.2 cm³/mol. The van der Waals surface area contributed by atoms with Crippen molar-refractivity contribution in [1.29, 1.82) is 5.26 Å². The Bertz CT molecular complexity index is 498. The first-order valence-corrected chi connectivity index (χ1v) is 5.88. The van der Waals surface area contributed by atoms with Gasteiger partial charge in [-0.25, -0.2) is 0 Å². The van der Waals surface area contributed by atoms with Crippen LogP contribution in [-0.2, 0) is 4.79 Å². The molecule has 0 aliphatic rings. The number of nitriles is 1. The summed E-state index contributed by atoms with van der Waals surface area (Å²) in [7, 11) is 4.08. The second-order valence-electron chi connectivity index (χ2n) is 4.33. The molecule has 19 heavy (non-hydrogen) atoms. The van der Waals surface area contributed by atoms with Gasteiger partial charge in [-0.3, -0.25) is 0 Å². The van der Waals surface area contributed by atoms with Crippen molar-refractivity contribution in [2.24, 2.45) is 0 Å². The Kier molecular flexibility index (Phi) is 5.58. The summed E-state index contributed by atoms with van der Waals surface area (Å²) in [5.74, 6) is -0.762. The van der Waals surface area contributed by atoms with Gasteiger partial charge in [0.2, 0.25) is 0 Å². The number of carboxylic acids is 1. The van der Waals surface area contributed by atoms with Crippen LogP contribution >= 0.6 is 0 Å². The Hall–Kier alpha value is -2.32. The molecule has 0 saturated heterocycles. The number of benzene rings is 1. The van der Waals surface area contributed by atoms with E-state index in [0.29, 0.717) is 17.9 Å². The first-order valence-electron chi connectivity index (χ1n) is 5.88. The molecule has 0 saturated carbocycles. The van der Waals surface area contributed by atoms with Gasteiger partial charge in [0.25, 0.3) is 0 Å². The van der Waals surface area contributed by atoms with E-state index in [1.165, 1.54) is 11.0 Å². The standard InChI is InChI=1S/C14H16N2O3/c1-16(2)7-8-19-13-5-3-11(4-6-13)9-12(10-15)14(17)18/h3-6,9H,7-8H2,1-2H3,(H,17,18)/b12-9+. The van der Waals surface area contributed by atoms with E-state index >= 15 is 0 Å². The highest BCUT2D eigenvalue weighted by Crippen LogP contribution is 2.14. The lowest BCUT2D eigenvalue weighted by atomic mass is 10.1. The normalized spacial score (nSPS) is 11.2. The van der Waals surface area contributed by atoms with Gasteiger partial charge in [-0.15, -0.1) is 0 Å². The van der Waals surface area contributed by atoms with Crippen molar-refractivity contribution in [3.63, 3.8) is 0 Å². The van der Waals surface area contributed by atoms with Crippen LogP contribution in [0.2, 0.25) is 0 Å². The molecule has 5 nitrogen and oxygen atoms in total. The second-order valence-corrected chi connectivity index (χ2v) is 4.33. The number of nitrogens with zero attached hydrogens (tertiary/aromatic N) is 1. The zero-order chi connectivity index (χ0) is 14.3. The zero-order valence-electron chi connectivity index (χ0n) is 11.0. The first-order chi connectivity index (χ1) is 9.02. The number of carbonyl (C=O) groups is 1. The van der Waals surface area contributed by atoms with Gasteiger partial charge in [0.1, 0.15) is 25.0 Å². The maximum atomic E-state index is 10.6. The monoisotopic (exact) mass is 260 g/mol. The number of carboxylic acid groups (broad SMARTS) is 1. The maximum absolute atomic E-state index is 10.6. The van der Waals surface area contributed by atoms with E-state index in [1.54, 1.807) is 30.3 Å². The number of likely N-dealkylation sites (N-methyl/N-ethyl adjacent to an activating group) is 1. The topological polar surface area (TPSA) is 77.6 Å². The predicted octanol–water partition coefficient (Wildman–Crippen LogP) is -1.13. The fraction of sp³-hybridized carbons (Fsp3) is 0.286. The summed E-state index contributed by atoms with van der Waals surface area (Å²) in [6, 6.07) is 8.44. The molecule has 0 atom stereocenters. The molecule has 100 valence electrons. The molecule has 0 radical (unpaired) electrons. The van der Waals surface area contributed by atoms with Crippen molar-refractivity contribution in [3.05, 3.63) is 35.4 Å². The van der Waals surface area contributed by atoms with E-state index in [-0.39, 0.29) is 0 Å². The molecule has 0 amide bonds. The van der Waals surface area contributed by atoms with Crippen LogP contribution < -0.4 is 14.7 Å². The third-order valence-corrected chi connectivity index (χ3v) is 2.40. The third-order valence-electron chi connectivity index (χ3n) is 2.40. The van der Waals surface area contributed by atoms with Gasteiger partial charge >= 0.3 is 0 Å². The summed E-state index contributed by atoms with van der Waals surface area (Å²) >= 11 is 0. The van der Waals surface area contributed by atoms with Crippen molar-refractivity contribution in [3.8, 4) is 11.8 Å². The average Bonchev–Trinajstić information content (AvgIpc) is 2.37. The number of hydrogen-bond donors (Lipinski definition) is 1. The molecule has 1 N–H and O–H groups in total. The average molecular weight is 260 g/mol. The molecule has 0 spiro atoms. The van der Waals surface area contributed by atoms with E-state index < -0.39 is 11.5 Å². The van der Waals surface area contributed by atoms with Gasteiger partial charge in [0.05, 0.1) is 25.6 Å². The van der Waals surface area contributed by atoms with Crippen molar-refractivity contribution >= 4 is 12.0 Å². The SMILES string of the molecule is C[NH+](C)CCOc1ccc(/C=C(\C#N)C(=O)[O-])cc1. The summed E-state index contributed by atoms with van der Waals surface area (Å²) in [6.45, 7) is 1.50. The van der Waals surface area contributed by atoms with E-state index in [2.05, 4.69) is 0 Å². The van der Waals surface area contributed by atoms with Crippen LogP contribution in [0.5, 0.6) is 5.75 Å². The summed E-state index contributed by atoms with van der Waals surface area (Å²) in [4.78, 5) is 11.9. The molecule has 0 aromatic heterocycles. The van der Waals surface area contributed by atoms with Crippen LogP contribution in [0, 0.1) is 11.3 Å². The van der Waals surface area contributed by atoms with Crippen LogP contribution in [0.4, 0.5) is 0 Å². The smallest absolute Gasteiger partial charge is 0.137 e. The number of ether oxygens (including phenoxy) is 1. The summed E-state index contributed by atoms with van der Waals surface area (Å²) < 4.78 is 5.52. The molecule has 0 fully saturated rings. The van der Waals surface area contributed by atoms with E-state index in [9.17, 15) is 9.90 Å². The van der Waals surface area contributed by atoms with Crippen LogP contribution in [0.3, 0.4) is 0 Å². The third kappa shape index (κ3) is 5.23. The number of quaternary nitrogens is 1. The highest BCUT2D eigenvalue weighted by atomic mass is 16.5. The van der Waals surface area contributed by atoms with E-state index in [1.807, 2.05) is 14.1 Å². The highest BCUT2D eigenvalue weighted by Gasteiger charge is 1.99. The lowest BCUT2D eigenvalue weighted by molar-refractivity contribution is -0.858. The number of aliphatic carboxylic acids is 1. The maximum Gasteiger partial charge on any atom is 0.137 e. The summed E-state index contributed by atoms with van der Waals surface area (Å²) in [5, 5.41) is 19.2. The van der Waals surface area contributed by atoms with E-state index in [4.69, 9.17) is 10.00 Å². The quantitative estimate of drug-likeness (QED) is 0.518. The molecule has 0 unspecified atom stereocenters. The van der Waals surface area contributed by atoms with Gasteiger partial charge in [-0.1, -0.05) is 12.1 Å². The van der Waals surface area contributed by atoms with Gasteiger partial charge in [0.15, 0.2) is 0 Å². The van der Waals surface area contributed by atoms with Crippen molar-refractivity contribution in [2.75, 3.05) is 27.2 Å². The van der Waals surface area contributed by atoms with Crippen LogP contribution in [0.1, 0.15) is 5.56 Å². The van der Waals surface area contributed by atoms with Crippen molar-refractivity contribution in [1.82, 2.24) is 0 Å². The van der Waals surface area contributed by atoms with Gasteiger partial charge in [-0.2, -0.15) is 5.26 Å². The van der Waals surface area contributed by atoms with Gasteiger partial charge in [0, 0.05) is 0 Å². The molecule has 0 aliphatic carbocycles. The fourth-order valence-corrected chi connectivity index (χ4v) is 1.34. The molecular formula is C14H16N2O3. The fourth-order valence-electron chi connectivity index (χ4n) is 1.34. The highest BCUT2D eigenvalue weighted by molar-refractivity contribution is 5.95. The van der Waals surface area contributed by atoms with E-state index in [0.717, 1.165) is 6.54 Å². The number of rotatable bonds is 6. The summed E-state index contributed by atoms with van der Waals surface area (Å²) in [5.41, 5.74) is 0.219. The Morgan fingerprint density at radius 3 is 2.53 bits per heavy atom. The molecule has 1 rings (SSSR count). The largest absolute Gasteiger partial charge is 0.544 e. The van der Waals surface area contributed by atoms with Crippen LogP contribution in [0.15, 0.2) is 29.8 Å². The Labute approximate surface area is 112 Å². The molecule has 0 heterocycles. The second kappa shape index (κ2) is 7.19. The summed E-state index contributed by atoms with van der Waals surface area (Å²) in [6.07, 6.45) is 1.27. The van der Waals surface area contributed by atoms with Crippen molar-refractivity contribution in [2.45, 2.75) is 0 Å². The Morgan fingerprint density at radius 1 is 1.42 bits per heavy atom.